The standard InChI is InChI=1S/C8H5F4NO/c9-6-2-1-5(4-13-14)7(3-6)8(10,11)12/h1-4,14H/b13-4-. The molecule has 1 aromatic carbocycles. The molecule has 76 valence electrons. The van der Waals surface area contributed by atoms with Crippen LogP contribution in [0.25, 0.3) is 0 Å². The molecule has 0 saturated carbocycles. The fourth-order valence-corrected chi connectivity index (χ4v) is 0.949. The second-order valence-corrected chi connectivity index (χ2v) is 2.47. The highest BCUT2D eigenvalue weighted by Gasteiger charge is 2.33. The summed E-state index contributed by atoms with van der Waals surface area (Å²) in [7, 11) is 0. The Morgan fingerprint density at radius 3 is 2.43 bits per heavy atom. The first-order valence-electron chi connectivity index (χ1n) is 3.49. The highest BCUT2D eigenvalue weighted by Crippen LogP contribution is 2.31. The molecule has 1 N–H and O–H groups in total. The summed E-state index contributed by atoms with van der Waals surface area (Å²) in [6.45, 7) is 0. The monoisotopic (exact) mass is 207 g/mol. The van der Waals surface area contributed by atoms with Gasteiger partial charge < -0.3 is 5.21 Å². The molecular formula is C8H5F4NO. The molecule has 0 aliphatic heterocycles. The van der Waals surface area contributed by atoms with Crippen LogP contribution < -0.4 is 0 Å². The molecule has 0 aliphatic rings. The van der Waals surface area contributed by atoms with Crippen molar-refractivity contribution in [2.24, 2.45) is 5.16 Å². The smallest absolute Gasteiger partial charge is 0.411 e. The van der Waals surface area contributed by atoms with Crippen LogP contribution in [0.3, 0.4) is 0 Å². The molecule has 0 spiro atoms. The van der Waals surface area contributed by atoms with Crippen LogP contribution in [0.15, 0.2) is 23.4 Å². The molecule has 0 aromatic heterocycles. The quantitative estimate of drug-likeness (QED) is 0.326. The van der Waals surface area contributed by atoms with Gasteiger partial charge in [-0.2, -0.15) is 13.2 Å². The summed E-state index contributed by atoms with van der Waals surface area (Å²) in [6.07, 6.45) is -4.07. The predicted molar refractivity (Wildman–Crippen MR) is 40.8 cm³/mol. The number of nitrogens with zero attached hydrogens (tertiary/aromatic N) is 1. The molecule has 2 nitrogen and oxygen atoms in total. The van der Waals surface area contributed by atoms with E-state index in [2.05, 4.69) is 5.16 Å². The van der Waals surface area contributed by atoms with E-state index in [1.165, 1.54) is 0 Å². The third-order valence-electron chi connectivity index (χ3n) is 1.52. The summed E-state index contributed by atoms with van der Waals surface area (Å²) < 4.78 is 49.2. The average Bonchev–Trinajstić information content (AvgIpc) is 2.07. The van der Waals surface area contributed by atoms with Crippen molar-refractivity contribution in [2.45, 2.75) is 6.18 Å². The largest absolute Gasteiger partial charge is 0.417 e. The maximum Gasteiger partial charge on any atom is 0.417 e. The molecular weight excluding hydrogens is 202 g/mol. The molecule has 0 heterocycles. The molecule has 6 heteroatoms. The minimum absolute atomic E-state index is 0.344. The van der Waals surface area contributed by atoms with E-state index in [1.807, 2.05) is 0 Å². The van der Waals surface area contributed by atoms with Gasteiger partial charge >= 0.3 is 6.18 Å². The minimum Gasteiger partial charge on any atom is -0.411 e. The molecule has 1 aromatic rings. The third kappa shape index (κ3) is 2.21. The lowest BCUT2D eigenvalue weighted by atomic mass is 10.1. The van der Waals surface area contributed by atoms with E-state index in [0.717, 1.165) is 12.1 Å². The van der Waals surface area contributed by atoms with E-state index in [9.17, 15) is 17.6 Å². The Morgan fingerprint density at radius 2 is 1.93 bits per heavy atom. The average molecular weight is 207 g/mol. The van der Waals surface area contributed by atoms with Crippen LogP contribution in [0.4, 0.5) is 17.6 Å². The number of oxime groups is 1. The van der Waals surface area contributed by atoms with Crippen molar-refractivity contribution in [1.29, 1.82) is 0 Å². The van der Waals surface area contributed by atoms with Crippen molar-refractivity contribution in [1.82, 2.24) is 0 Å². The molecule has 0 radical (unpaired) electrons. The van der Waals surface area contributed by atoms with Gasteiger partial charge in [-0.1, -0.05) is 5.16 Å². The lowest BCUT2D eigenvalue weighted by Crippen LogP contribution is -2.09. The van der Waals surface area contributed by atoms with Crippen molar-refractivity contribution >= 4 is 6.21 Å². The fraction of sp³-hybridized carbons (Fsp3) is 0.125. The van der Waals surface area contributed by atoms with Crippen LogP contribution in [-0.4, -0.2) is 11.4 Å². The van der Waals surface area contributed by atoms with Gasteiger partial charge in [-0.25, -0.2) is 4.39 Å². The van der Waals surface area contributed by atoms with Crippen molar-refractivity contribution in [3.05, 3.63) is 35.1 Å². The fourth-order valence-electron chi connectivity index (χ4n) is 0.949. The molecule has 0 unspecified atom stereocenters. The summed E-state index contributed by atoms with van der Waals surface area (Å²) in [5.41, 5.74) is -1.56. The normalized spacial score (nSPS) is 12.3. The number of benzene rings is 1. The molecule has 0 bridgehead atoms. The highest BCUT2D eigenvalue weighted by atomic mass is 19.4. The second-order valence-electron chi connectivity index (χ2n) is 2.47. The SMILES string of the molecule is O/N=C\c1ccc(F)cc1C(F)(F)F. The molecule has 0 amide bonds. The van der Waals surface area contributed by atoms with Gasteiger partial charge in [0.05, 0.1) is 11.8 Å². The van der Waals surface area contributed by atoms with Crippen LogP contribution in [0.5, 0.6) is 0 Å². The Hall–Kier alpha value is -1.59. The van der Waals surface area contributed by atoms with Crippen LogP contribution in [-0.2, 0) is 6.18 Å². The van der Waals surface area contributed by atoms with Crippen LogP contribution in [0.2, 0.25) is 0 Å². The van der Waals surface area contributed by atoms with Crippen molar-refractivity contribution in [2.75, 3.05) is 0 Å². The van der Waals surface area contributed by atoms with Gasteiger partial charge in [0.15, 0.2) is 0 Å². The van der Waals surface area contributed by atoms with E-state index in [4.69, 9.17) is 5.21 Å². The molecule has 1 rings (SSSR count). The Balaban J connectivity index is 3.30. The Bertz CT molecular complexity index is 359. The summed E-state index contributed by atoms with van der Waals surface area (Å²) >= 11 is 0. The summed E-state index contributed by atoms with van der Waals surface area (Å²) in [5.74, 6) is -0.993. The van der Waals surface area contributed by atoms with Crippen molar-refractivity contribution < 1.29 is 22.8 Å². The second kappa shape index (κ2) is 3.65. The van der Waals surface area contributed by atoms with Gasteiger partial charge in [-0.15, -0.1) is 0 Å². The van der Waals surface area contributed by atoms with Gasteiger partial charge in [0, 0.05) is 5.56 Å². The van der Waals surface area contributed by atoms with E-state index < -0.39 is 17.6 Å². The lowest BCUT2D eigenvalue weighted by Gasteiger charge is -2.09. The number of hydrogen-bond donors (Lipinski definition) is 1. The molecule has 0 atom stereocenters. The van der Waals surface area contributed by atoms with Gasteiger partial charge in [0.2, 0.25) is 0 Å². The summed E-state index contributed by atoms with van der Waals surface area (Å²) in [5, 5.41) is 10.5. The first kappa shape index (κ1) is 10.5. The van der Waals surface area contributed by atoms with E-state index in [-0.39, 0.29) is 5.56 Å². The Morgan fingerprint density at radius 1 is 1.29 bits per heavy atom. The maximum atomic E-state index is 12.5. The van der Waals surface area contributed by atoms with Crippen LogP contribution >= 0.6 is 0 Å². The van der Waals surface area contributed by atoms with Gasteiger partial charge in [-0.05, 0) is 18.2 Å². The molecule has 0 saturated heterocycles. The van der Waals surface area contributed by atoms with Gasteiger partial charge in [0.1, 0.15) is 5.82 Å². The first-order chi connectivity index (χ1) is 6.45. The zero-order valence-electron chi connectivity index (χ0n) is 6.72. The van der Waals surface area contributed by atoms with Crippen molar-refractivity contribution in [3.8, 4) is 0 Å². The van der Waals surface area contributed by atoms with Crippen LogP contribution in [0.1, 0.15) is 11.1 Å². The molecule has 0 fully saturated rings. The summed E-state index contributed by atoms with van der Waals surface area (Å²) in [4.78, 5) is 0. The Labute approximate surface area is 76.5 Å². The molecule has 0 aliphatic carbocycles. The first-order valence-corrected chi connectivity index (χ1v) is 3.49. The van der Waals surface area contributed by atoms with E-state index >= 15 is 0 Å². The number of rotatable bonds is 1. The number of hydrogen-bond acceptors (Lipinski definition) is 2. The predicted octanol–water partition coefficient (Wildman–Crippen LogP) is 2.65. The number of halogens is 4. The van der Waals surface area contributed by atoms with E-state index in [1.54, 1.807) is 0 Å². The maximum absolute atomic E-state index is 12.5. The third-order valence-corrected chi connectivity index (χ3v) is 1.52. The van der Waals surface area contributed by atoms with Crippen LogP contribution in [0, 0.1) is 5.82 Å². The zero-order valence-corrected chi connectivity index (χ0v) is 6.72. The van der Waals surface area contributed by atoms with E-state index in [0.29, 0.717) is 12.3 Å². The highest BCUT2D eigenvalue weighted by molar-refractivity contribution is 5.81. The minimum atomic E-state index is -4.67. The summed E-state index contributed by atoms with van der Waals surface area (Å²) in [6, 6.07) is 2.08. The number of alkyl halides is 3. The van der Waals surface area contributed by atoms with Crippen molar-refractivity contribution in [3.63, 3.8) is 0 Å². The topological polar surface area (TPSA) is 32.6 Å². The zero-order chi connectivity index (χ0) is 10.8. The lowest BCUT2D eigenvalue weighted by molar-refractivity contribution is -0.137. The van der Waals surface area contributed by atoms with Gasteiger partial charge in [-0.3, -0.25) is 0 Å². The Kier molecular flexibility index (Phi) is 2.73. The molecule has 14 heavy (non-hydrogen) atoms. The van der Waals surface area contributed by atoms with Gasteiger partial charge in [0.25, 0.3) is 0 Å².